The Bertz CT molecular complexity index is 2170. The summed E-state index contributed by atoms with van der Waals surface area (Å²) in [6.45, 7) is 5.01. The number of nitrogens with zero attached hydrogens (tertiary/aromatic N) is 4. The summed E-state index contributed by atoms with van der Waals surface area (Å²) in [6, 6.07) is 0.327. The van der Waals surface area contributed by atoms with Crippen LogP contribution in [-0.2, 0) is 55.9 Å². The highest BCUT2D eigenvalue weighted by Crippen LogP contribution is 2.28. The van der Waals surface area contributed by atoms with Gasteiger partial charge in [-0.3, -0.25) is 28.8 Å². The van der Waals surface area contributed by atoms with Crippen molar-refractivity contribution in [3.8, 4) is 0 Å². The lowest BCUT2D eigenvalue weighted by Crippen LogP contribution is -2.64. The topological polar surface area (TPSA) is 212 Å². The highest BCUT2D eigenvalue weighted by atomic mass is 19.1. The molecule has 320 valence electrons. The molecule has 0 spiro atoms. The molecule has 4 aliphatic heterocycles. The molecular weight excluding hydrogens is 786 g/mol. The number of cyclic esters (lactones) is 1. The molecule has 0 saturated carbocycles. The first-order valence-corrected chi connectivity index (χ1v) is 20.1. The number of esters is 1. The van der Waals surface area contributed by atoms with Crippen molar-refractivity contribution >= 4 is 52.4 Å². The number of aromatic nitrogens is 2. The van der Waals surface area contributed by atoms with Gasteiger partial charge in [-0.2, -0.15) is 0 Å². The molecule has 3 aromatic rings. The van der Waals surface area contributed by atoms with Crippen LogP contribution in [0.1, 0.15) is 51.2 Å². The fraction of sp³-hybridized carbons (Fsp3) is 0.512. The first-order chi connectivity index (χ1) is 28.7. The van der Waals surface area contributed by atoms with E-state index in [0.29, 0.717) is 29.1 Å². The molecule has 17 nitrogen and oxygen atoms in total. The molecule has 4 aliphatic rings. The van der Waals surface area contributed by atoms with Crippen molar-refractivity contribution in [1.29, 1.82) is 0 Å². The van der Waals surface area contributed by atoms with Gasteiger partial charge in [0.15, 0.2) is 0 Å². The number of nitrogens with one attached hydrogen (secondary N) is 4. The van der Waals surface area contributed by atoms with Gasteiger partial charge in [0.2, 0.25) is 35.4 Å². The number of ether oxygens (including phenoxy) is 2. The van der Waals surface area contributed by atoms with Crippen molar-refractivity contribution in [1.82, 2.24) is 40.6 Å². The Morgan fingerprint density at radius 1 is 0.900 bits per heavy atom. The average Bonchev–Trinajstić information content (AvgIpc) is 3.98. The Morgan fingerprint density at radius 3 is 2.42 bits per heavy atom. The van der Waals surface area contributed by atoms with Gasteiger partial charge in [0.1, 0.15) is 54.0 Å². The van der Waals surface area contributed by atoms with Gasteiger partial charge in [-0.15, -0.1) is 0 Å². The SMILES string of the molecule is C[C@H]1C[C@H]2C(=O)O[C@@H](C)[C@H](NC(=O)[C@H](Cc3cc(F)cc(F)c3)NC(=O)Cc3ccc4nc[nH]c4c3)C(=O)N3CCC[C@H]3C(=O)N3CCOC[C@H]3C(=O)N[C@@H](C)C(=O)N2C1. The zero-order valence-electron chi connectivity index (χ0n) is 33.5. The quantitative estimate of drug-likeness (QED) is 0.242. The van der Waals surface area contributed by atoms with Crippen molar-refractivity contribution in [2.75, 3.05) is 32.8 Å². The van der Waals surface area contributed by atoms with Crippen molar-refractivity contribution < 1.29 is 51.8 Å². The van der Waals surface area contributed by atoms with Crippen LogP contribution in [0.2, 0.25) is 0 Å². The molecule has 5 heterocycles. The Hall–Kier alpha value is -5.98. The van der Waals surface area contributed by atoms with Crippen LogP contribution in [0.5, 0.6) is 0 Å². The summed E-state index contributed by atoms with van der Waals surface area (Å²) in [7, 11) is 0. The largest absolute Gasteiger partial charge is 0.458 e. The number of halogens is 2. The predicted octanol–water partition coefficient (Wildman–Crippen LogP) is 0.501. The third kappa shape index (κ3) is 9.09. The van der Waals surface area contributed by atoms with E-state index in [-0.39, 0.29) is 63.6 Å². The van der Waals surface area contributed by atoms with Crippen LogP contribution in [0.15, 0.2) is 42.7 Å². The molecule has 4 saturated heterocycles. The highest BCUT2D eigenvalue weighted by Gasteiger charge is 2.47. The molecule has 19 heteroatoms. The number of carbonyl (C=O) groups excluding carboxylic acids is 7. The second kappa shape index (κ2) is 17.7. The second-order valence-corrected chi connectivity index (χ2v) is 16.1. The van der Waals surface area contributed by atoms with E-state index in [0.717, 1.165) is 12.1 Å². The molecule has 7 rings (SSSR count). The molecule has 0 unspecified atom stereocenters. The first-order valence-electron chi connectivity index (χ1n) is 20.1. The molecular formula is C41H48F2N8O9. The lowest BCUT2D eigenvalue weighted by molar-refractivity contribution is -0.164. The number of rotatable bonds is 7. The summed E-state index contributed by atoms with van der Waals surface area (Å²) >= 11 is 0. The second-order valence-electron chi connectivity index (χ2n) is 16.1. The minimum Gasteiger partial charge on any atom is -0.458 e. The van der Waals surface area contributed by atoms with Gasteiger partial charge in [-0.25, -0.2) is 18.6 Å². The molecule has 1 aromatic heterocycles. The van der Waals surface area contributed by atoms with Crippen LogP contribution in [0.4, 0.5) is 8.78 Å². The van der Waals surface area contributed by atoms with Crippen molar-refractivity contribution in [2.24, 2.45) is 5.92 Å². The third-order valence-electron chi connectivity index (χ3n) is 11.5. The average molecular weight is 835 g/mol. The molecule has 0 radical (unpaired) electrons. The molecule has 60 heavy (non-hydrogen) atoms. The number of amides is 6. The molecule has 2 aromatic carbocycles. The minimum atomic E-state index is -1.64. The zero-order chi connectivity index (χ0) is 42.8. The van der Waals surface area contributed by atoms with Gasteiger partial charge in [0.25, 0.3) is 0 Å². The van der Waals surface area contributed by atoms with E-state index in [1.807, 2.05) is 6.92 Å². The van der Waals surface area contributed by atoms with Gasteiger partial charge in [0.05, 0.1) is 37.0 Å². The van der Waals surface area contributed by atoms with Crippen molar-refractivity contribution in [2.45, 2.75) is 95.2 Å². The van der Waals surface area contributed by atoms with Crippen LogP contribution in [-0.4, -0.2) is 141 Å². The van der Waals surface area contributed by atoms with Crippen LogP contribution in [0.25, 0.3) is 11.0 Å². The van der Waals surface area contributed by atoms with Crippen molar-refractivity contribution in [3.05, 3.63) is 65.5 Å². The van der Waals surface area contributed by atoms with E-state index in [1.165, 1.54) is 34.9 Å². The molecule has 0 bridgehead atoms. The number of aromatic amines is 1. The standard InChI is InChI=1S/C41H48F2N8O9/c1-21-11-32-41(58)60-23(3)35(40(57)49-8-4-5-31(49)39(56)50-9-10-59-19-33(50)37(54)46-22(2)38(55)51(32)18-21)48-36(53)30(15-25-12-26(42)17-27(43)13-25)47-34(52)16-24-6-7-28-29(14-24)45-20-44-28/h6-7,12-14,17,20-23,30-33,35H,4-5,8-11,15-16,18-19H2,1-3H3,(H,44,45)(H,46,54)(H,47,52)(H,48,53)/t21-,22-,23-,30-,31-,32-,33-,35-/m0/s1. The maximum absolute atomic E-state index is 14.7. The van der Waals surface area contributed by atoms with E-state index in [2.05, 4.69) is 25.9 Å². The van der Waals surface area contributed by atoms with Gasteiger partial charge < -0.3 is 45.1 Å². The summed E-state index contributed by atoms with van der Waals surface area (Å²) in [4.78, 5) is 109. The first kappa shape index (κ1) is 42.2. The number of H-pyrrole nitrogens is 1. The third-order valence-corrected chi connectivity index (χ3v) is 11.5. The monoisotopic (exact) mass is 834 g/mol. The molecule has 0 aliphatic carbocycles. The Balaban J connectivity index is 1.21. The number of hydrogen-bond donors (Lipinski definition) is 4. The van der Waals surface area contributed by atoms with E-state index < -0.39 is 102 Å². The van der Waals surface area contributed by atoms with E-state index in [9.17, 15) is 42.3 Å². The maximum atomic E-state index is 14.7. The van der Waals surface area contributed by atoms with Crippen LogP contribution in [0.3, 0.4) is 0 Å². The molecule has 8 atom stereocenters. The van der Waals surface area contributed by atoms with Crippen LogP contribution >= 0.6 is 0 Å². The fourth-order valence-electron chi connectivity index (χ4n) is 8.54. The van der Waals surface area contributed by atoms with E-state index >= 15 is 0 Å². The Labute approximate surface area is 343 Å². The van der Waals surface area contributed by atoms with Gasteiger partial charge in [-0.05, 0) is 74.4 Å². The zero-order valence-corrected chi connectivity index (χ0v) is 33.5. The summed E-state index contributed by atoms with van der Waals surface area (Å²) in [5, 5.41) is 7.97. The Morgan fingerprint density at radius 2 is 1.65 bits per heavy atom. The summed E-state index contributed by atoms with van der Waals surface area (Å²) in [6.07, 6.45) is 0.364. The molecule has 4 fully saturated rings. The van der Waals surface area contributed by atoms with Gasteiger partial charge >= 0.3 is 5.97 Å². The predicted molar refractivity (Wildman–Crippen MR) is 207 cm³/mol. The minimum absolute atomic E-state index is 0.0271. The van der Waals surface area contributed by atoms with E-state index in [1.54, 1.807) is 18.2 Å². The number of hydrogen-bond acceptors (Lipinski definition) is 10. The fourth-order valence-corrected chi connectivity index (χ4v) is 8.54. The lowest BCUT2D eigenvalue weighted by atomic mass is 10.0. The van der Waals surface area contributed by atoms with Crippen LogP contribution < -0.4 is 16.0 Å². The smallest absolute Gasteiger partial charge is 0.329 e. The number of carbonyl (C=O) groups is 7. The highest BCUT2D eigenvalue weighted by molar-refractivity contribution is 5.98. The summed E-state index contributed by atoms with van der Waals surface area (Å²) in [5.74, 6) is -6.89. The number of imidazole rings is 1. The van der Waals surface area contributed by atoms with Gasteiger partial charge in [0, 0.05) is 32.1 Å². The van der Waals surface area contributed by atoms with E-state index in [4.69, 9.17) is 9.47 Å². The Kier molecular flexibility index (Phi) is 12.4. The van der Waals surface area contributed by atoms with Crippen LogP contribution in [0, 0.1) is 17.6 Å². The van der Waals surface area contributed by atoms with Crippen molar-refractivity contribution in [3.63, 3.8) is 0 Å². The number of fused-ring (bicyclic) bond motifs is 4. The lowest BCUT2D eigenvalue weighted by Gasteiger charge is -2.39. The summed E-state index contributed by atoms with van der Waals surface area (Å²) < 4.78 is 40.2. The summed E-state index contributed by atoms with van der Waals surface area (Å²) in [5.41, 5.74) is 1.94. The molecule has 6 amide bonds. The molecule has 4 N–H and O–H groups in total. The number of morpholine rings is 1. The number of benzene rings is 2. The van der Waals surface area contributed by atoms with Gasteiger partial charge in [-0.1, -0.05) is 13.0 Å². The maximum Gasteiger partial charge on any atom is 0.329 e. The normalized spacial score (nSPS) is 27.2.